The number of carbonyl (C=O) groups excluding carboxylic acids is 1. The Kier molecular flexibility index (Phi) is 5.17. The van der Waals surface area contributed by atoms with Crippen LogP contribution < -0.4 is 16.4 Å². The molecule has 1 unspecified atom stereocenters. The number of nitrogens with one attached hydrogen (secondary N) is 2. The summed E-state index contributed by atoms with van der Waals surface area (Å²) in [7, 11) is 3.37. The van der Waals surface area contributed by atoms with Gasteiger partial charge in [0.2, 0.25) is 0 Å². The maximum Gasteiger partial charge on any atom is 0.265 e. The lowest BCUT2D eigenvalue weighted by molar-refractivity contribution is 0.0939. The van der Waals surface area contributed by atoms with Crippen molar-refractivity contribution in [1.29, 1.82) is 0 Å². The fraction of sp³-hybridized carbons (Fsp3) is 0.600. The quantitative estimate of drug-likeness (QED) is 0.701. The van der Waals surface area contributed by atoms with Crippen molar-refractivity contribution in [1.82, 2.24) is 10.3 Å². The first-order chi connectivity index (χ1) is 8.08. The van der Waals surface area contributed by atoms with Crippen LogP contribution in [0.4, 0.5) is 10.9 Å². The second kappa shape index (κ2) is 6.41. The Balaban J connectivity index is 2.54. The zero-order valence-corrected chi connectivity index (χ0v) is 11.1. The SMILES string of the molecule is CNc1nc(N)c(C(=O)NCC(C)COC)s1. The van der Waals surface area contributed by atoms with Gasteiger partial charge in [-0.25, -0.2) is 4.98 Å². The molecule has 17 heavy (non-hydrogen) atoms. The molecule has 0 fully saturated rings. The Hall–Kier alpha value is -1.34. The van der Waals surface area contributed by atoms with Gasteiger partial charge in [-0.1, -0.05) is 18.3 Å². The molecule has 1 atom stereocenters. The maximum absolute atomic E-state index is 11.8. The average molecular weight is 258 g/mol. The lowest BCUT2D eigenvalue weighted by Gasteiger charge is -2.10. The van der Waals surface area contributed by atoms with Gasteiger partial charge in [-0.2, -0.15) is 0 Å². The fourth-order valence-electron chi connectivity index (χ4n) is 1.29. The van der Waals surface area contributed by atoms with E-state index in [9.17, 15) is 4.79 Å². The smallest absolute Gasteiger partial charge is 0.265 e. The summed E-state index contributed by atoms with van der Waals surface area (Å²) in [5.74, 6) is 0.336. The van der Waals surface area contributed by atoms with Crippen LogP contribution >= 0.6 is 11.3 Å². The highest BCUT2D eigenvalue weighted by Crippen LogP contribution is 2.24. The largest absolute Gasteiger partial charge is 0.384 e. The third-order valence-corrected chi connectivity index (χ3v) is 3.22. The molecule has 0 aliphatic heterocycles. The van der Waals surface area contributed by atoms with E-state index in [1.807, 2.05) is 6.92 Å². The number of hydrogen-bond acceptors (Lipinski definition) is 6. The van der Waals surface area contributed by atoms with Gasteiger partial charge in [0.1, 0.15) is 10.7 Å². The number of nitrogens with two attached hydrogens (primary N) is 1. The molecule has 0 saturated heterocycles. The predicted molar refractivity (Wildman–Crippen MR) is 69.4 cm³/mol. The number of thiazole rings is 1. The van der Waals surface area contributed by atoms with E-state index in [4.69, 9.17) is 10.5 Å². The van der Waals surface area contributed by atoms with E-state index in [1.165, 1.54) is 11.3 Å². The van der Waals surface area contributed by atoms with Crippen LogP contribution in [0, 0.1) is 5.92 Å². The van der Waals surface area contributed by atoms with Crippen molar-refractivity contribution in [2.45, 2.75) is 6.92 Å². The molecule has 6 nitrogen and oxygen atoms in total. The second-order valence-electron chi connectivity index (χ2n) is 3.75. The summed E-state index contributed by atoms with van der Waals surface area (Å²) < 4.78 is 4.99. The van der Waals surface area contributed by atoms with Crippen molar-refractivity contribution < 1.29 is 9.53 Å². The van der Waals surface area contributed by atoms with Gasteiger partial charge in [-0.3, -0.25) is 4.79 Å². The first-order valence-electron chi connectivity index (χ1n) is 5.29. The zero-order chi connectivity index (χ0) is 12.8. The van der Waals surface area contributed by atoms with Crippen molar-refractivity contribution in [3.63, 3.8) is 0 Å². The van der Waals surface area contributed by atoms with Crippen molar-refractivity contribution in [3.05, 3.63) is 4.88 Å². The molecule has 0 bridgehead atoms. The predicted octanol–water partition coefficient (Wildman–Crippen LogP) is 0.779. The molecule has 1 amide bonds. The van der Waals surface area contributed by atoms with Gasteiger partial charge in [0.05, 0.1) is 6.61 Å². The van der Waals surface area contributed by atoms with Gasteiger partial charge in [0, 0.05) is 20.7 Å². The molecule has 1 aromatic rings. The third kappa shape index (κ3) is 3.86. The van der Waals surface area contributed by atoms with Crippen molar-refractivity contribution in [2.24, 2.45) is 5.92 Å². The molecule has 0 spiro atoms. The minimum atomic E-state index is -0.190. The van der Waals surface area contributed by atoms with Crippen LogP contribution in [0.3, 0.4) is 0 Å². The number of methoxy groups -OCH3 is 1. The standard InChI is InChI=1S/C10H18N4O2S/c1-6(5-16-3)4-13-9(15)7-8(11)14-10(12-2)17-7/h6H,4-5,11H2,1-3H3,(H,12,14)(H,13,15). The van der Waals surface area contributed by atoms with Gasteiger partial charge in [0.25, 0.3) is 5.91 Å². The Bertz CT molecular complexity index is 380. The van der Waals surface area contributed by atoms with Gasteiger partial charge in [-0.05, 0) is 5.92 Å². The highest BCUT2D eigenvalue weighted by atomic mass is 32.1. The van der Waals surface area contributed by atoms with Crippen LogP contribution in [0.5, 0.6) is 0 Å². The van der Waals surface area contributed by atoms with E-state index in [0.717, 1.165) is 0 Å². The maximum atomic E-state index is 11.8. The molecule has 1 rings (SSSR count). The Morgan fingerprint density at radius 3 is 2.88 bits per heavy atom. The number of rotatable bonds is 6. The van der Waals surface area contributed by atoms with E-state index in [2.05, 4.69) is 15.6 Å². The first-order valence-corrected chi connectivity index (χ1v) is 6.11. The summed E-state index contributed by atoms with van der Waals surface area (Å²) in [4.78, 5) is 16.3. The molecule has 1 aromatic heterocycles. The number of amides is 1. The number of hydrogen-bond donors (Lipinski definition) is 3. The van der Waals surface area contributed by atoms with Crippen LogP contribution in [0.25, 0.3) is 0 Å². The van der Waals surface area contributed by atoms with E-state index < -0.39 is 0 Å². The normalized spacial score (nSPS) is 12.2. The van der Waals surface area contributed by atoms with Crippen LogP contribution in [0.15, 0.2) is 0 Å². The highest BCUT2D eigenvalue weighted by Gasteiger charge is 2.16. The molecule has 7 heteroatoms. The van der Waals surface area contributed by atoms with Crippen LogP contribution in [-0.4, -0.2) is 38.2 Å². The molecule has 4 N–H and O–H groups in total. The molecular weight excluding hydrogens is 240 g/mol. The summed E-state index contributed by atoms with van der Waals surface area (Å²) in [6, 6.07) is 0. The monoisotopic (exact) mass is 258 g/mol. The Morgan fingerprint density at radius 1 is 1.65 bits per heavy atom. The summed E-state index contributed by atoms with van der Waals surface area (Å²) in [5.41, 5.74) is 5.66. The van der Waals surface area contributed by atoms with Gasteiger partial charge in [-0.15, -0.1) is 0 Å². The third-order valence-electron chi connectivity index (χ3n) is 2.14. The molecule has 1 heterocycles. The highest BCUT2D eigenvalue weighted by molar-refractivity contribution is 7.18. The van der Waals surface area contributed by atoms with Crippen molar-refractivity contribution >= 4 is 28.2 Å². The molecular formula is C10H18N4O2S. The summed E-state index contributed by atoms with van der Waals surface area (Å²) in [5, 5.41) is 6.30. The van der Waals surface area contributed by atoms with Crippen LogP contribution in [0.1, 0.15) is 16.6 Å². The van der Waals surface area contributed by atoms with E-state index >= 15 is 0 Å². The molecule has 0 aromatic carbocycles. The zero-order valence-electron chi connectivity index (χ0n) is 10.2. The van der Waals surface area contributed by atoms with Crippen LogP contribution in [0.2, 0.25) is 0 Å². The molecule has 96 valence electrons. The molecule has 0 radical (unpaired) electrons. The van der Waals surface area contributed by atoms with Gasteiger partial charge in [0.15, 0.2) is 5.13 Å². The number of anilines is 2. The number of ether oxygens (including phenoxy) is 1. The summed E-state index contributed by atoms with van der Waals surface area (Å²) in [6.45, 7) is 3.16. The topological polar surface area (TPSA) is 89.3 Å². The van der Waals surface area contributed by atoms with E-state index in [-0.39, 0.29) is 17.6 Å². The van der Waals surface area contributed by atoms with Gasteiger partial charge >= 0.3 is 0 Å². The summed E-state index contributed by atoms with van der Waals surface area (Å²) in [6.07, 6.45) is 0. The fourth-order valence-corrected chi connectivity index (χ4v) is 2.05. The molecule has 0 aliphatic carbocycles. The Labute approximate surface area is 105 Å². The minimum absolute atomic E-state index is 0.190. The van der Waals surface area contributed by atoms with E-state index in [0.29, 0.717) is 23.2 Å². The number of aromatic nitrogens is 1. The van der Waals surface area contributed by atoms with Crippen molar-refractivity contribution in [2.75, 3.05) is 38.4 Å². The van der Waals surface area contributed by atoms with Crippen LogP contribution in [-0.2, 0) is 4.74 Å². The average Bonchev–Trinajstić information content (AvgIpc) is 2.68. The number of carbonyl (C=O) groups is 1. The number of nitrogens with zero attached hydrogens (tertiary/aromatic N) is 1. The first kappa shape index (κ1) is 13.7. The lowest BCUT2D eigenvalue weighted by Crippen LogP contribution is -2.29. The van der Waals surface area contributed by atoms with E-state index in [1.54, 1.807) is 14.2 Å². The lowest BCUT2D eigenvalue weighted by atomic mass is 10.2. The minimum Gasteiger partial charge on any atom is -0.384 e. The molecule has 0 saturated carbocycles. The second-order valence-corrected chi connectivity index (χ2v) is 4.75. The summed E-state index contributed by atoms with van der Waals surface area (Å²) >= 11 is 1.24. The number of nitrogen functional groups attached to an aromatic ring is 1. The van der Waals surface area contributed by atoms with Gasteiger partial charge < -0.3 is 21.1 Å². The molecule has 0 aliphatic rings. The van der Waals surface area contributed by atoms with Crippen molar-refractivity contribution in [3.8, 4) is 0 Å². The Morgan fingerprint density at radius 2 is 2.35 bits per heavy atom.